The number of rotatable bonds is 9. The molecular formula is C27H27FN6O2S. The number of primary amides is 1. The van der Waals surface area contributed by atoms with Crippen LogP contribution < -0.4 is 10.5 Å². The van der Waals surface area contributed by atoms with Crippen molar-refractivity contribution in [3.05, 3.63) is 83.5 Å². The number of hydrogen-bond donors (Lipinski definition) is 1. The summed E-state index contributed by atoms with van der Waals surface area (Å²) in [5.74, 6) is -0.652. The molecule has 190 valence electrons. The summed E-state index contributed by atoms with van der Waals surface area (Å²) in [7, 11) is 4.07. The summed E-state index contributed by atoms with van der Waals surface area (Å²) >= 11 is 1.22. The Hall–Kier alpha value is -4.02. The predicted molar refractivity (Wildman–Crippen MR) is 142 cm³/mol. The highest BCUT2D eigenvalue weighted by atomic mass is 32.1. The molecule has 37 heavy (non-hydrogen) atoms. The minimum absolute atomic E-state index is 0.273. The topological polar surface area (TPSA) is 90.7 Å². The van der Waals surface area contributed by atoms with Crippen LogP contribution in [0.2, 0.25) is 0 Å². The molecule has 1 unspecified atom stereocenters. The third kappa shape index (κ3) is 5.11. The zero-order valence-electron chi connectivity index (χ0n) is 20.8. The normalized spacial score (nSPS) is 12.4. The molecule has 0 aliphatic heterocycles. The van der Waals surface area contributed by atoms with Gasteiger partial charge < -0.3 is 15.4 Å². The number of carbonyl (C=O) groups is 1. The maximum atomic E-state index is 14.2. The van der Waals surface area contributed by atoms with Crippen LogP contribution in [0.4, 0.5) is 4.39 Å². The number of fused-ring (bicyclic) bond motifs is 1. The van der Waals surface area contributed by atoms with Gasteiger partial charge in [-0.3, -0.25) is 13.9 Å². The molecule has 5 rings (SSSR count). The van der Waals surface area contributed by atoms with Crippen molar-refractivity contribution in [2.45, 2.75) is 19.6 Å². The molecule has 0 saturated heterocycles. The molecular weight excluding hydrogens is 491 g/mol. The van der Waals surface area contributed by atoms with E-state index in [4.69, 9.17) is 10.5 Å². The number of nitrogens with zero attached hydrogens (tertiary/aromatic N) is 5. The van der Waals surface area contributed by atoms with Gasteiger partial charge in [-0.25, -0.2) is 9.37 Å². The van der Waals surface area contributed by atoms with Crippen molar-refractivity contribution in [3.63, 3.8) is 0 Å². The molecule has 4 aromatic heterocycles. The fourth-order valence-electron chi connectivity index (χ4n) is 4.10. The summed E-state index contributed by atoms with van der Waals surface area (Å²) in [6.45, 7) is 3.45. The minimum atomic E-state index is -0.606. The van der Waals surface area contributed by atoms with E-state index in [-0.39, 0.29) is 10.7 Å². The van der Waals surface area contributed by atoms with Gasteiger partial charge in [0.2, 0.25) is 0 Å². The van der Waals surface area contributed by atoms with Crippen LogP contribution in [0.1, 0.15) is 28.3 Å². The van der Waals surface area contributed by atoms with E-state index < -0.39 is 12.0 Å². The van der Waals surface area contributed by atoms with Crippen LogP contribution >= 0.6 is 11.3 Å². The number of pyridine rings is 1. The lowest BCUT2D eigenvalue weighted by atomic mass is 10.1. The number of amides is 1. The number of aromatic nitrogens is 4. The first kappa shape index (κ1) is 24.7. The number of ether oxygens (including phenoxy) is 1. The van der Waals surface area contributed by atoms with Gasteiger partial charge in [-0.15, -0.1) is 11.3 Å². The first-order valence-corrected chi connectivity index (χ1v) is 12.6. The number of hydrogen-bond acceptors (Lipinski definition) is 6. The van der Waals surface area contributed by atoms with Gasteiger partial charge in [0, 0.05) is 36.1 Å². The lowest BCUT2D eigenvalue weighted by Crippen LogP contribution is -2.18. The molecule has 0 aliphatic carbocycles. The molecule has 0 bridgehead atoms. The van der Waals surface area contributed by atoms with Crippen molar-refractivity contribution in [2.75, 3.05) is 20.6 Å². The number of carbonyl (C=O) groups excluding carboxylic acids is 1. The predicted octanol–water partition coefficient (Wildman–Crippen LogP) is 4.87. The van der Waals surface area contributed by atoms with Crippen LogP contribution in [-0.2, 0) is 6.54 Å². The number of halogens is 1. The van der Waals surface area contributed by atoms with Crippen molar-refractivity contribution < 1.29 is 13.9 Å². The second-order valence-corrected chi connectivity index (χ2v) is 10.1. The first-order chi connectivity index (χ1) is 17.8. The molecule has 4 heterocycles. The molecule has 0 fully saturated rings. The summed E-state index contributed by atoms with van der Waals surface area (Å²) < 4.78 is 24.1. The molecule has 10 heteroatoms. The van der Waals surface area contributed by atoms with E-state index in [0.717, 1.165) is 40.4 Å². The quantitative estimate of drug-likeness (QED) is 0.301. The van der Waals surface area contributed by atoms with Crippen molar-refractivity contribution >= 4 is 22.9 Å². The maximum Gasteiger partial charge on any atom is 0.262 e. The zero-order valence-corrected chi connectivity index (χ0v) is 21.6. The SMILES string of the molecule is CC(Oc1cc(-c2cnc3cc(-c4cnn(CCN(C)C)c4)ccn23)sc1C(N)=O)c1ccccc1F. The highest BCUT2D eigenvalue weighted by Gasteiger charge is 2.22. The Labute approximate surface area is 217 Å². The zero-order chi connectivity index (χ0) is 26.1. The van der Waals surface area contributed by atoms with E-state index >= 15 is 0 Å². The molecule has 1 amide bonds. The van der Waals surface area contributed by atoms with Crippen LogP contribution in [0.5, 0.6) is 5.75 Å². The lowest BCUT2D eigenvalue weighted by Gasteiger charge is -2.15. The highest BCUT2D eigenvalue weighted by molar-refractivity contribution is 7.17. The van der Waals surface area contributed by atoms with E-state index in [0.29, 0.717) is 11.3 Å². The molecule has 1 atom stereocenters. The Kier molecular flexibility index (Phi) is 6.77. The monoisotopic (exact) mass is 518 g/mol. The van der Waals surface area contributed by atoms with Crippen molar-refractivity contribution in [1.29, 1.82) is 0 Å². The minimum Gasteiger partial charge on any atom is -0.484 e. The van der Waals surface area contributed by atoms with E-state index in [9.17, 15) is 9.18 Å². The van der Waals surface area contributed by atoms with Gasteiger partial charge in [-0.2, -0.15) is 5.10 Å². The molecule has 0 saturated carbocycles. The molecule has 2 N–H and O–H groups in total. The second kappa shape index (κ2) is 10.2. The first-order valence-electron chi connectivity index (χ1n) is 11.8. The van der Waals surface area contributed by atoms with Crippen LogP contribution in [0.15, 0.2) is 67.3 Å². The Bertz CT molecular complexity index is 1570. The van der Waals surface area contributed by atoms with Crippen LogP contribution in [0.25, 0.3) is 27.3 Å². The Balaban J connectivity index is 1.43. The Morgan fingerprint density at radius 1 is 1.19 bits per heavy atom. The summed E-state index contributed by atoms with van der Waals surface area (Å²) in [6, 6.07) is 12.2. The largest absolute Gasteiger partial charge is 0.484 e. The maximum absolute atomic E-state index is 14.2. The van der Waals surface area contributed by atoms with Gasteiger partial charge >= 0.3 is 0 Å². The van der Waals surface area contributed by atoms with Crippen molar-refractivity contribution in [1.82, 2.24) is 24.1 Å². The lowest BCUT2D eigenvalue weighted by molar-refractivity contribution is 0.0998. The van der Waals surface area contributed by atoms with Gasteiger partial charge in [0.05, 0.1) is 29.5 Å². The Morgan fingerprint density at radius 2 is 2.00 bits per heavy atom. The molecule has 0 aliphatic rings. The molecule has 8 nitrogen and oxygen atoms in total. The van der Waals surface area contributed by atoms with Gasteiger partial charge in [-0.05, 0) is 44.8 Å². The second-order valence-electron chi connectivity index (χ2n) is 9.03. The third-order valence-electron chi connectivity index (χ3n) is 6.08. The fourth-order valence-corrected chi connectivity index (χ4v) is 5.05. The van der Waals surface area contributed by atoms with E-state index in [1.807, 2.05) is 53.9 Å². The van der Waals surface area contributed by atoms with E-state index in [1.165, 1.54) is 17.4 Å². The standard InChI is InChI=1S/C27H27FN6O2S/c1-17(20-6-4-5-7-21(20)28)36-23-13-24(37-26(23)27(29)35)22-15-30-25-12-18(8-9-34(22)25)19-14-31-33(16-19)11-10-32(2)3/h4-9,12-17H,10-11H2,1-3H3,(H2,29,35). The number of thiophene rings is 1. The third-order valence-corrected chi connectivity index (χ3v) is 7.23. The summed E-state index contributed by atoms with van der Waals surface area (Å²) in [6.07, 6.45) is 6.96. The number of nitrogens with two attached hydrogens (primary N) is 1. The summed E-state index contributed by atoms with van der Waals surface area (Å²) in [4.78, 5) is 19.9. The average molecular weight is 519 g/mol. The van der Waals surface area contributed by atoms with Crippen LogP contribution in [0.3, 0.4) is 0 Å². The number of benzene rings is 1. The average Bonchev–Trinajstić information content (AvgIpc) is 3.60. The fraction of sp³-hybridized carbons (Fsp3) is 0.222. The number of likely N-dealkylation sites (N-methyl/N-ethyl adjacent to an activating group) is 1. The molecule has 5 aromatic rings. The van der Waals surface area contributed by atoms with Crippen LogP contribution in [-0.4, -0.2) is 50.6 Å². The molecule has 0 radical (unpaired) electrons. The van der Waals surface area contributed by atoms with E-state index in [2.05, 4.69) is 15.0 Å². The van der Waals surface area contributed by atoms with Crippen LogP contribution in [0, 0.1) is 5.82 Å². The summed E-state index contributed by atoms with van der Waals surface area (Å²) in [5.41, 5.74) is 9.61. The Morgan fingerprint density at radius 3 is 2.76 bits per heavy atom. The summed E-state index contributed by atoms with van der Waals surface area (Å²) in [5, 5.41) is 4.46. The van der Waals surface area contributed by atoms with Gasteiger partial charge in [0.15, 0.2) is 0 Å². The number of imidazole rings is 1. The van der Waals surface area contributed by atoms with Crippen molar-refractivity contribution in [3.8, 4) is 27.4 Å². The van der Waals surface area contributed by atoms with Gasteiger partial charge in [0.1, 0.15) is 28.2 Å². The van der Waals surface area contributed by atoms with Crippen molar-refractivity contribution in [2.24, 2.45) is 5.73 Å². The smallest absolute Gasteiger partial charge is 0.262 e. The van der Waals surface area contributed by atoms with Gasteiger partial charge in [-0.1, -0.05) is 18.2 Å². The van der Waals surface area contributed by atoms with Gasteiger partial charge in [0.25, 0.3) is 5.91 Å². The highest BCUT2D eigenvalue weighted by Crippen LogP contribution is 2.39. The molecule has 1 aromatic carbocycles. The van der Waals surface area contributed by atoms with E-state index in [1.54, 1.807) is 37.4 Å². The molecule has 0 spiro atoms.